The fourth-order valence-electron chi connectivity index (χ4n) is 4.39. The van der Waals surface area contributed by atoms with E-state index in [2.05, 4.69) is 10.2 Å². The Labute approximate surface area is 203 Å². The number of rotatable bonds is 8. The summed E-state index contributed by atoms with van der Waals surface area (Å²) in [6, 6.07) is 15.7. The van der Waals surface area contributed by atoms with E-state index in [0.29, 0.717) is 23.0 Å². The number of benzene rings is 2. The van der Waals surface area contributed by atoms with E-state index < -0.39 is 5.41 Å². The Bertz CT molecular complexity index is 951. The van der Waals surface area contributed by atoms with Gasteiger partial charge in [0.25, 0.3) is 5.91 Å². The van der Waals surface area contributed by atoms with Crippen LogP contribution in [-0.4, -0.2) is 50.4 Å². The molecule has 2 amide bonds. The largest absolute Gasteiger partial charge is 0.371 e. The van der Waals surface area contributed by atoms with Gasteiger partial charge in [0, 0.05) is 39.4 Å². The van der Waals surface area contributed by atoms with Crippen LogP contribution in [0.2, 0.25) is 5.02 Å². The summed E-state index contributed by atoms with van der Waals surface area (Å²) in [5.41, 5.74) is 2.12. The summed E-state index contributed by atoms with van der Waals surface area (Å²) in [7, 11) is 3.46. The van der Waals surface area contributed by atoms with Gasteiger partial charge in [-0.15, -0.1) is 0 Å². The van der Waals surface area contributed by atoms with Crippen LogP contribution in [-0.2, 0) is 10.2 Å². The zero-order valence-electron chi connectivity index (χ0n) is 20.2. The summed E-state index contributed by atoms with van der Waals surface area (Å²) in [4.78, 5) is 28.8. The van der Waals surface area contributed by atoms with Crippen LogP contribution < -0.4 is 10.2 Å². The van der Waals surface area contributed by atoms with Crippen LogP contribution in [0.25, 0.3) is 0 Å². The van der Waals surface area contributed by atoms with Crippen molar-refractivity contribution in [2.75, 3.05) is 38.6 Å². The maximum atomic E-state index is 12.7. The van der Waals surface area contributed by atoms with Crippen molar-refractivity contribution in [3.8, 4) is 0 Å². The highest BCUT2D eigenvalue weighted by atomic mass is 35.5. The van der Waals surface area contributed by atoms with Gasteiger partial charge in [-0.1, -0.05) is 41.9 Å². The minimum absolute atomic E-state index is 0.0792. The second kappa shape index (κ2) is 11.1. The van der Waals surface area contributed by atoms with Crippen LogP contribution in [0.1, 0.15) is 55.5 Å². The quantitative estimate of drug-likeness (QED) is 0.545. The van der Waals surface area contributed by atoms with E-state index in [1.807, 2.05) is 62.4 Å². The van der Waals surface area contributed by atoms with Crippen molar-refractivity contribution in [2.45, 2.75) is 44.9 Å². The van der Waals surface area contributed by atoms with Crippen molar-refractivity contribution in [1.82, 2.24) is 10.2 Å². The number of halogens is 1. The maximum absolute atomic E-state index is 12.7. The molecule has 1 N–H and O–H groups in total. The molecule has 0 radical (unpaired) electrons. The molecule has 0 bridgehead atoms. The molecular weight excluding hydrogens is 434 g/mol. The third-order valence-electron chi connectivity index (χ3n) is 6.71. The highest BCUT2D eigenvalue weighted by molar-refractivity contribution is 6.34. The molecule has 1 heterocycles. The SMILES string of the molecule is CN(C)C(=O)c1ccc(N2CCC(CCCNC(=O)C(C)(C)c3ccccc3)CC2)cc1Cl. The van der Waals surface area contributed by atoms with Gasteiger partial charge in [0.05, 0.1) is 16.0 Å². The summed E-state index contributed by atoms with van der Waals surface area (Å²) >= 11 is 6.39. The van der Waals surface area contributed by atoms with E-state index in [1.165, 1.54) is 4.90 Å². The van der Waals surface area contributed by atoms with E-state index in [-0.39, 0.29) is 11.8 Å². The van der Waals surface area contributed by atoms with Crippen LogP contribution in [0, 0.1) is 5.92 Å². The maximum Gasteiger partial charge on any atom is 0.254 e. The number of carbonyl (C=O) groups excluding carboxylic acids is 2. The fraction of sp³-hybridized carbons (Fsp3) is 0.481. The Morgan fingerprint density at radius 2 is 1.76 bits per heavy atom. The summed E-state index contributed by atoms with van der Waals surface area (Å²) in [5.74, 6) is 0.673. The van der Waals surface area contributed by atoms with Crippen molar-refractivity contribution in [3.63, 3.8) is 0 Å². The Hall–Kier alpha value is -2.53. The monoisotopic (exact) mass is 469 g/mol. The van der Waals surface area contributed by atoms with Gasteiger partial charge < -0.3 is 15.1 Å². The van der Waals surface area contributed by atoms with Crippen molar-refractivity contribution in [2.24, 2.45) is 5.92 Å². The third-order valence-corrected chi connectivity index (χ3v) is 7.02. The Morgan fingerprint density at radius 3 is 2.36 bits per heavy atom. The number of piperidine rings is 1. The molecular formula is C27H36ClN3O2. The van der Waals surface area contributed by atoms with Gasteiger partial charge in [0.15, 0.2) is 0 Å². The third kappa shape index (κ3) is 6.29. The lowest BCUT2D eigenvalue weighted by atomic mass is 9.83. The van der Waals surface area contributed by atoms with Crippen molar-refractivity contribution < 1.29 is 9.59 Å². The molecule has 0 saturated carbocycles. The Morgan fingerprint density at radius 1 is 1.09 bits per heavy atom. The van der Waals surface area contributed by atoms with Gasteiger partial charge in [-0.2, -0.15) is 0 Å². The van der Waals surface area contributed by atoms with E-state index in [9.17, 15) is 9.59 Å². The van der Waals surface area contributed by atoms with Gasteiger partial charge in [-0.3, -0.25) is 9.59 Å². The summed E-state index contributed by atoms with van der Waals surface area (Å²) in [5, 5.41) is 3.63. The standard InChI is InChI=1S/C27H36ClN3O2/c1-27(2,21-10-6-5-7-11-21)26(33)29-16-8-9-20-14-17-31(18-15-20)22-12-13-23(24(28)19-22)25(32)30(3)4/h5-7,10-13,19-20H,8-9,14-18H2,1-4H3,(H,29,33). The molecule has 0 atom stereocenters. The number of hydrogen-bond donors (Lipinski definition) is 1. The average molecular weight is 470 g/mol. The molecule has 0 aliphatic carbocycles. The number of amides is 2. The summed E-state index contributed by atoms with van der Waals surface area (Å²) < 4.78 is 0. The molecule has 1 aliphatic heterocycles. The van der Waals surface area contributed by atoms with Gasteiger partial charge in [-0.25, -0.2) is 0 Å². The second-order valence-electron chi connectivity index (χ2n) is 9.68. The lowest BCUT2D eigenvalue weighted by molar-refractivity contribution is -0.125. The Kier molecular flexibility index (Phi) is 8.41. The van der Waals surface area contributed by atoms with Gasteiger partial charge in [0.2, 0.25) is 5.91 Å². The predicted molar refractivity (Wildman–Crippen MR) is 136 cm³/mol. The lowest BCUT2D eigenvalue weighted by Gasteiger charge is -2.34. The van der Waals surface area contributed by atoms with Gasteiger partial charge in [0.1, 0.15) is 0 Å². The van der Waals surface area contributed by atoms with Gasteiger partial charge >= 0.3 is 0 Å². The number of hydrogen-bond acceptors (Lipinski definition) is 3. The molecule has 2 aromatic carbocycles. The smallest absolute Gasteiger partial charge is 0.254 e. The first-order chi connectivity index (χ1) is 15.7. The number of nitrogens with zero attached hydrogens (tertiary/aromatic N) is 2. The molecule has 1 fully saturated rings. The predicted octanol–water partition coefficient (Wildman–Crippen LogP) is 5.13. The average Bonchev–Trinajstić information content (AvgIpc) is 2.82. The molecule has 0 spiro atoms. The molecule has 6 heteroatoms. The van der Waals surface area contributed by atoms with E-state index >= 15 is 0 Å². The molecule has 1 saturated heterocycles. The first kappa shape index (κ1) is 25.1. The second-order valence-corrected chi connectivity index (χ2v) is 10.1. The molecule has 5 nitrogen and oxygen atoms in total. The van der Waals surface area contributed by atoms with Crippen LogP contribution in [0.5, 0.6) is 0 Å². The van der Waals surface area contributed by atoms with E-state index in [1.54, 1.807) is 14.1 Å². The van der Waals surface area contributed by atoms with Crippen molar-refractivity contribution in [3.05, 3.63) is 64.7 Å². The normalized spacial score (nSPS) is 14.8. The zero-order chi connectivity index (χ0) is 24.0. The topological polar surface area (TPSA) is 52.7 Å². The van der Waals surface area contributed by atoms with E-state index in [0.717, 1.165) is 50.0 Å². The van der Waals surface area contributed by atoms with Crippen molar-refractivity contribution in [1.29, 1.82) is 0 Å². The minimum Gasteiger partial charge on any atom is -0.371 e. The molecule has 33 heavy (non-hydrogen) atoms. The number of anilines is 1. The zero-order valence-corrected chi connectivity index (χ0v) is 21.0. The fourth-order valence-corrected chi connectivity index (χ4v) is 4.65. The number of carbonyl (C=O) groups is 2. The lowest BCUT2D eigenvalue weighted by Crippen LogP contribution is -2.40. The number of nitrogens with one attached hydrogen (secondary N) is 1. The molecule has 178 valence electrons. The van der Waals surface area contributed by atoms with Gasteiger partial charge in [-0.05, 0) is 69.2 Å². The minimum atomic E-state index is -0.527. The molecule has 3 rings (SSSR count). The molecule has 1 aliphatic rings. The van der Waals surface area contributed by atoms with E-state index in [4.69, 9.17) is 11.6 Å². The highest BCUT2D eigenvalue weighted by Crippen LogP contribution is 2.29. The van der Waals surface area contributed by atoms with Crippen LogP contribution in [0.15, 0.2) is 48.5 Å². The van der Waals surface area contributed by atoms with Crippen LogP contribution >= 0.6 is 11.6 Å². The first-order valence-electron chi connectivity index (χ1n) is 11.8. The Balaban J connectivity index is 1.42. The highest BCUT2D eigenvalue weighted by Gasteiger charge is 2.29. The first-order valence-corrected chi connectivity index (χ1v) is 12.2. The summed E-state index contributed by atoms with van der Waals surface area (Å²) in [6.07, 6.45) is 4.37. The van der Waals surface area contributed by atoms with Crippen molar-refractivity contribution >= 4 is 29.1 Å². The molecule has 0 aromatic heterocycles. The molecule has 2 aromatic rings. The van der Waals surface area contributed by atoms with Crippen LogP contribution in [0.3, 0.4) is 0 Å². The molecule has 0 unspecified atom stereocenters. The van der Waals surface area contributed by atoms with Crippen LogP contribution in [0.4, 0.5) is 5.69 Å². The summed E-state index contributed by atoms with van der Waals surface area (Å²) in [6.45, 7) is 6.63.